The van der Waals surface area contributed by atoms with Crippen molar-refractivity contribution in [2.75, 3.05) is 37.6 Å². The summed E-state index contributed by atoms with van der Waals surface area (Å²) in [4.78, 5) is 9.65. The minimum atomic E-state index is -0.210. The molecule has 2 aromatic carbocycles. The summed E-state index contributed by atoms with van der Waals surface area (Å²) in [6.45, 7) is 7.74. The molecule has 2 aromatic rings. The Morgan fingerprint density at radius 1 is 1.04 bits per heavy atom. The molecule has 0 spiro atoms. The first-order chi connectivity index (χ1) is 12.7. The third-order valence-corrected chi connectivity index (χ3v) is 6.47. The minimum Gasteiger partial charge on any atom is -0.369 e. The van der Waals surface area contributed by atoms with Gasteiger partial charge in [0, 0.05) is 47.5 Å². The van der Waals surface area contributed by atoms with Gasteiger partial charge in [-0.2, -0.15) is 0 Å². The van der Waals surface area contributed by atoms with Crippen LogP contribution in [-0.4, -0.2) is 42.6 Å². The quantitative estimate of drug-likeness (QED) is 0.507. The summed E-state index contributed by atoms with van der Waals surface area (Å²) in [5.74, 6) is -0.210. The number of hydrogen-bond acceptors (Lipinski definition) is 4. The Bertz CT molecular complexity index is 1070. The summed E-state index contributed by atoms with van der Waals surface area (Å²) in [7, 11) is 0. The Morgan fingerprint density at radius 2 is 1.88 bits per heavy atom. The highest BCUT2D eigenvalue weighted by Gasteiger charge is 2.18. The van der Waals surface area contributed by atoms with Crippen LogP contribution >= 0.6 is 11.3 Å². The van der Waals surface area contributed by atoms with Gasteiger partial charge in [-0.1, -0.05) is 13.0 Å². The summed E-state index contributed by atoms with van der Waals surface area (Å²) in [5, 5.41) is 3.07. The van der Waals surface area contributed by atoms with E-state index in [1.807, 2.05) is 0 Å². The molecule has 5 heteroatoms. The summed E-state index contributed by atoms with van der Waals surface area (Å²) in [6.07, 6.45) is 0. The van der Waals surface area contributed by atoms with Gasteiger partial charge < -0.3 is 9.80 Å². The highest BCUT2D eigenvalue weighted by atomic mass is 32.1. The van der Waals surface area contributed by atoms with Crippen LogP contribution in [0.15, 0.2) is 42.5 Å². The average Bonchev–Trinajstić information content (AvgIpc) is 3.02. The number of aromatic nitrogens is 1. The first-order valence-electron chi connectivity index (χ1n) is 9.11. The van der Waals surface area contributed by atoms with Crippen molar-refractivity contribution in [3.8, 4) is 10.6 Å². The van der Waals surface area contributed by atoms with Crippen molar-refractivity contribution in [1.82, 2.24) is 9.88 Å². The molecule has 0 bridgehead atoms. The number of anilines is 1. The van der Waals surface area contributed by atoms with Gasteiger partial charge in [-0.05, 0) is 48.3 Å². The third-order valence-electron chi connectivity index (χ3n) is 5.39. The van der Waals surface area contributed by atoms with E-state index >= 15 is 0 Å². The highest BCUT2D eigenvalue weighted by molar-refractivity contribution is 7.21. The zero-order valence-electron chi connectivity index (χ0n) is 14.7. The van der Waals surface area contributed by atoms with Crippen LogP contribution in [0.3, 0.4) is 0 Å². The van der Waals surface area contributed by atoms with Gasteiger partial charge in [0.1, 0.15) is 10.8 Å². The molecule has 3 aliphatic heterocycles. The smallest absolute Gasteiger partial charge is 0.125 e. The second-order valence-electron chi connectivity index (χ2n) is 6.88. The molecule has 26 heavy (non-hydrogen) atoms. The minimum absolute atomic E-state index is 0.210. The van der Waals surface area contributed by atoms with Gasteiger partial charge in [-0.15, -0.1) is 11.3 Å². The maximum absolute atomic E-state index is 13.6. The van der Waals surface area contributed by atoms with Crippen LogP contribution < -0.4 is 4.90 Å². The highest BCUT2D eigenvalue weighted by Crippen LogP contribution is 2.39. The molecule has 1 saturated heterocycles. The van der Waals surface area contributed by atoms with Crippen LogP contribution in [-0.2, 0) is 0 Å². The fourth-order valence-electron chi connectivity index (χ4n) is 3.83. The van der Waals surface area contributed by atoms with E-state index in [4.69, 9.17) is 4.98 Å². The van der Waals surface area contributed by atoms with Crippen LogP contribution in [0.2, 0.25) is 0 Å². The third kappa shape index (κ3) is 2.63. The number of fused-ring (bicyclic) bond motifs is 4. The zero-order valence-corrected chi connectivity index (χ0v) is 15.5. The van der Waals surface area contributed by atoms with E-state index in [9.17, 15) is 4.39 Å². The van der Waals surface area contributed by atoms with Crippen molar-refractivity contribution in [3.63, 3.8) is 0 Å². The number of hydrogen-bond donors (Lipinski definition) is 0. The van der Waals surface area contributed by atoms with Crippen molar-refractivity contribution >= 4 is 38.0 Å². The van der Waals surface area contributed by atoms with E-state index in [-0.39, 0.29) is 5.82 Å². The predicted molar refractivity (Wildman–Crippen MR) is 108 cm³/mol. The van der Waals surface area contributed by atoms with Gasteiger partial charge >= 0.3 is 0 Å². The molecule has 5 rings (SSSR count). The average molecular weight is 365 g/mol. The number of likely N-dealkylation sites (N-methyl/N-ethyl adjacent to an activating group) is 1. The molecule has 132 valence electrons. The fraction of sp³-hybridized carbons (Fsp3) is 0.286. The largest absolute Gasteiger partial charge is 0.369 e. The SMILES string of the molecule is CCN1CCN(c2ccc3cc4c5cc(F)ccc5nc-4sc3c2)CC1. The van der Waals surface area contributed by atoms with E-state index in [1.54, 1.807) is 23.5 Å². The summed E-state index contributed by atoms with van der Waals surface area (Å²) in [6, 6.07) is 13.7. The molecule has 0 aliphatic carbocycles. The number of piperazine rings is 1. The van der Waals surface area contributed by atoms with Crippen molar-refractivity contribution in [2.45, 2.75) is 6.92 Å². The van der Waals surface area contributed by atoms with Crippen LogP contribution in [0.5, 0.6) is 0 Å². The van der Waals surface area contributed by atoms with Crippen molar-refractivity contribution in [3.05, 3.63) is 48.3 Å². The van der Waals surface area contributed by atoms with E-state index < -0.39 is 0 Å². The molecule has 0 aromatic heterocycles. The predicted octanol–water partition coefficient (Wildman–Crippen LogP) is 4.84. The van der Waals surface area contributed by atoms with Crippen molar-refractivity contribution < 1.29 is 4.39 Å². The fourth-order valence-corrected chi connectivity index (χ4v) is 4.89. The summed E-state index contributed by atoms with van der Waals surface area (Å²) < 4.78 is 14.9. The number of rotatable bonds is 2. The van der Waals surface area contributed by atoms with E-state index in [2.05, 4.69) is 41.0 Å². The van der Waals surface area contributed by atoms with Crippen LogP contribution in [0.25, 0.3) is 31.6 Å². The Morgan fingerprint density at radius 3 is 2.69 bits per heavy atom. The van der Waals surface area contributed by atoms with Gasteiger partial charge in [0.15, 0.2) is 0 Å². The van der Waals surface area contributed by atoms with E-state index in [0.29, 0.717) is 0 Å². The second kappa shape index (κ2) is 6.18. The molecule has 0 unspecified atom stereocenters. The van der Waals surface area contributed by atoms with Gasteiger partial charge in [0.05, 0.1) is 5.52 Å². The lowest BCUT2D eigenvalue weighted by molar-refractivity contribution is 0.271. The Balaban J connectivity index is 1.57. The molecule has 3 nitrogen and oxygen atoms in total. The first kappa shape index (κ1) is 16.0. The summed E-state index contributed by atoms with van der Waals surface area (Å²) in [5.41, 5.74) is 3.19. The van der Waals surface area contributed by atoms with E-state index in [1.165, 1.54) is 21.8 Å². The van der Waals surface area contributed by atoms with Crippen molar-refractivity contribution in [2.24, 2.45) is 0 Å². The molecular weight excluding hydrogens is 345 g/mol. The molecule has 0 saturated carbocycles. The molecule has 3 aliphatic rings. The molecule has 0 atom stereocenters. The standard InChI is InChI=1S/C21H20FN3S/c1-2-24-7-9-25(10-8-24)16-5-3-14-11-18-17-12-15(22)4-6-19(17)23-21(18)26-20(14)13-16/h3-6,11-13H,2,7-10H2,1H3. The molecule has 1 fully saturated rings. The number of nitrogens with zero attached hydrogens (tertiary/aromatic N) is 3. The zero-order chi connectivity index (χ0) is 17.7. The van der Waals surface area contributed by atoms with E-state index in [0.717, 1.165) is 54.2 Å². The maximum atomic E-state index is 13.6. The van der Waals surface area contributed by atoms with Crippen LogP contribution in [0.1, 0.15) is 6.92 Å². The van der Waals surface area contributed by atoms with Crippen LogP contribution in [0.4, 0.5) is 10.1 Å². The van der Waals surface area contributed by atoms with Gasteiger partial charge in [0.2, 0.25) is 0 Å². The molecule has 0 radical (unpaired) electrons. The second-order valence-corrected chi connectivity index (χ2v) is 7.91. The monoisotopic (exact) mass is 365 g/mol. The van der Waals surface area contributed by atoms with Crippen LogP contribution in [0, 0.1) is 5.82 Å². The molecule has 0 N–H and O–H groups in total. The lowest BCUT2D eigenvalue weighted by atomic mass is 10.1. The lowest BCUT2D eigenvalue weighted by Crippen LogP contribution is -2.46. The van der Waals surface area contributed by atoms with Crippen molar-refractivity contribution in [1.29, 1.82) is 0 Å². The Kier molecular flexibility index (Phi) is 3.80. The lowest BCUT2D eigenvalue weighted by Gasteiger charge is -2.35. The number of halogens is 1. The first-order valence-corrected chi connectivity index (χ1v) is 9.93. The maximum Gasteiger partial charge on any atom is 0.125 e. The number of benzene rings is 2. The Labute approximate surface area is 156 Å². The topological polar surface area (TPSA) is 19.4 Å². The molecule has 3 heterocycles. The van der Waals surface area contributed by atoms with Gasteiger partial charge in [-0.25, -0.2) is 9.37 Å². The normalized spacial score (nSPS) is 16.2. The molecule has 0 amide bonds. The molecular formula is C21H20FN3S. The van der Waals surface area contributed by atoms with Gasteiger partial charge in [-0.3, -0.25) is 0 Å². The Hall–Kier alpha value is -2.24. The van der Waals surface area contributed by atoms with Gasteiger partial charge in [0.25, 0.3) is 0 Å². The summed E-state index contributed by atoms with van der Waals surface area (Å²) >= 11 is 1.70.